The van der Waals surface area contributed by atoms with Crippen molar-refractivity contribution in [2.24, 2.45) is 5.92 Å². The van der Waals surface area contributed by atoms with Crippen molar-refractivity contribution < 1.29 is 9.84 Å². The lowest BCUT2D eigenvalue weighted by molar-refractivity contribution is -0.0707. The zero-order valence-corrected chi connectivity index (χ0v) is 11.9. The minimum absolute atomic E-state index is 0.0617. The molecule has 1 spiro atoms. The number of nitrogens with one attached hydrogen (secondary N) is 1. The highest BCUT2D eigenvalue weighted by atomic mass is 32.2. The fraction of sp³-hybridized carbons (Fsp3) is 1.00. The van der Waals surface area contributed by atoms with E-state index < -0.39 is 0 Å². The summed E-state index contributed by atoms with van der Waals surface area (Å²) in [5, 5.41) is 13.6. The Morgan fingerprint density at radius 1 is 1.33 bits per heavy atom. The Kier molecular flexibility index (Phi) is 4.18. The van der Waals surface area contributed by atoms with Crippen LogP contribution in [0.5, 0.6) is 0 Å². The predicted octanol–water partition coefficient (Wildman–Crippen LogP) is 1.79. The number of rotatable bonds is 3. The molecule has 0 aromatic rings. The average Bonchev–Trinajstić information content (AvgIpc) is 2.97. The van der Waals surface area contributed by atoms with Crippen LogP contribution in [0.3, 0.4) is 0 Å². The molecule has 2 heterocycles. The minimum Gasteiger partial charge on any atom is -0.393 e. The van der Waals surface area contributed by atoms with E-state index in [0.717, 1.165) is 26.0 Å². The second kappa shape index (κ2) is 5.70. The molecule has 4 heteroatoms. The second-order valence-electron chi connectivity index (χ2n) is 6.19. The van der Waals surface area contributed by atoms with Crippen LogP contribution in [0, 0.1) is 5.92 Å². The van der Waals surface area contributed by atoms with Crippen molar-refractivity contribution in [2.75, 3.05) is 24.7 Å². The Bertz CT molecular complexity index is 281. The topological polar surface area (TPSA) is 41.5 Å². The number of hydrogen-bond acceptors (Lipinski definition) is 4. The molecule has 2 aliphatic heterocycles. The van der Waals surface area contributed by atoms with Crippen LogP contribution in [0.15, 0.2) is 0 Å². The largest absolute Gasteiger partial charge is 0.393 e. The van der Waals surface area contributed by atoms with E-state index in [-0.39, 0.29) is 11.7 Å². The molecule has 18 heavy (non-hydrogen) atoms. The minimum atomic E-state index is -0.0617. The van der Waals surface area contributed by atoms with Gasteiger partial charge in [-0.3, -0.25) is 0 Å². The molecule has 4 atom stereocenters. The summed E-state index contributed by atoms with van der Waals surface area (Å²) < 4.78 is 6.04. The fourth-order valence-corrected chi connectivity index (χ4v) is 5.02. The zero-order chi connectivity index (χ0) is 12.4. The van der Waals surface area contributed by atoms with Gasteiger partial charge in [-0.05, 0) is 43.8 Å². The van der Waals surface area contributed by atoms with Gasteiger partial charge in [0.15, 0.2) is 0 Å². The molecule has 3 rings (SSSR count). The smallest absolute Gasteiger partial charge is 0.0795 e. The fourth-order valence-electron chi connectivity index (χ4n) is 3.64. The number of aliphatic hydroxyl groups excluding tert-OH is 1. The third-order valence-corrected chi connectivity index (χ3v) is 6.07. The first kappa shape index (κ1) is 13.2. The maximum atomic E-state index is 9.86. The molecule has 0 aromatic carbocycles. The summed E-state index contributed by atoms with van der Waals surface area (Å²) >= 11 is 2.03. The third-order valence-electron chi connectivity index (χ3n) is 4.85. The summed E-state index contributed by atoms with van der Waals surface area (Å²) in [7, 11) is 0. The van der Waals surface area contributed by atoms with Crippen LogP contribution in [-0.2, 0) is 4.74 Å². The van der Waals surface area contributed by atoms with Gasteiger partial charge in [-0.25, -0.2) is 0 Å². The average molecular weight is 271 g/mol. The van der Waals surface area contributed by atoms with Crippen LogP contribution < -0.4 is 5.32 Å². The Balaban J connectivity index is 1.47. The molecule has 0 aromatic heterocycles. The first-order valence-electron chi connectivity index (χ1n) is 7.41. The Morgan fingerprint density at radius 2 is 2.28 bits per heavy atom. The first-order valence-corrected chi connectivity index (χ1v) is 8.56. The molecule has 3 aliphatic rings. The van der Waals surface area contributed by atoms with Crippen LogP contribution in [0.2, 0.25) is 0 Å². The Hall–Kier alpha value is 0.230. The lowest BCUT2D eigenvalue weighted by atomic mass is 9.89. The van der Waals surface area contributed by atoms with Gasteiger partial charge in [-0.1, -0.05) is 6.42 Å². The molecule has 0 amide bonds. The monoisotopic (exact) mass is 271 g/mol. The molecule has 2 saturated heterocycles. The van der Waals surface area contributed by atoms with E-state index in [2.05, 4.69) is 5.32 Å². The highest BCUT2D eigenvalue weighted by molar-refractivity contribution is 7.99. The van der Waals surface area contributed by atoms with Crippen molar-refractivity contribution in [3.63, 3.8) is 0 Å². The van der Waals surface area contributed by atoms with E-state index in [0.29, 0.717) is 12.0 Å². The molecule has 2 N–H and O–H groups in total. The molecule has 4 unspecified atom stereocenters. The summed E-state index contributed by atoms with van der Waals surface area (Å²) in [6, 6.07) is 0.602. The number of ether oxygens (including phenoxy) is 1. The second-order valence-corrected chi connectivity index (χ2v) is 7.30. The van der Waals surface area contributed by atoms with Gasteiger partial charge in [0.1, 0.15) is 0 Å². The van der Waals surface area contributed by atoms with Crippen LogP contribution in [0.4, 0.5) is 0 Å². The highest BCUT2D eigenvalue weighted by Crippen LogP contribution is 2.38. The summed E-state index contributed by atoms with van der Waals surface area (Å²) in [5.74, 6) is 2.92. The van der Waals surface area contributed by atoms with Gasteiger partial charge >= 0.3 is 0 Å². The van der Waals surface area contributed by atoms with Crippen molar-refractivity contribution in [3.8, 4) is 0 Å². The SMILES string of the molecule is OC1CCCC1CNC1CCOC2(CCSC2)C1. The first-order chi connectivity index (χ1) is 8.77. The van der Waals surface area contributed by atoms with Crippen molar-refractivity contribution in [2.45, 2.75) is 56.3 Å². The van der Waals surface area contributed by atoms with Gasteiger partial charge < -0.3 is 15.2 Å². The summed E-state index contributed by atoms with van der Waals surface area (Å²) in [6.07, 6.45) is 6.86. The van der Waals surface area contributed by atoms with Crippen molar-refractivity contribution in [1.82, 2.24) is 5.32 Å². The summed E-state index contributed by atoms with van der Waals surface area (Å²) in [5.41, 5.74) is 0.175. The van der Waals surface area contributed by atoms with Gasteiger partial charge in [-0.15, -0.1) is 0 Å². The summed E-state index contributed by atoms with van der Waals surface area (Å²) in [4.78, 5) is 0. The Labute approximate surface area is 114 Å². The summed E-state index contributed by atoms with van der Waals surface area (Å²) in [6.45, 7) is 1.90. The highest BCUT2D eigenvalue weighted by Gasteiger charge is 2.40. The quantitative estimate of drug-likeness (QED) is 0.821. The van der Waals surface area contributed by atoms with Crippen LogP contribution in [0.1, 0.15) is 38.5 Å². The molecular weight excluding hydrogens is 246 g/mol. The van der Waals surface area contributed by atoms with Crippen LogP contribution >= 0.6 is 11.8 Å². The van der Waals surface area contributed by atoms with Gasteiger partial charge in [-0.2, -0.15) is 11.8 Å². The lowest BCUT2D eigenvalue weighted by Gasteiger charge is -2.38. The van der Waals surface area contributed by atoms with Crippen LogP contribution in [-0.4, -0.2) is 47.5 Å². The van der Waals surface area contributed by atoms with Crippen molar-refractivity contribution >= 4 is 11.8 Å². The number of thioether (sulfide) groups is 1. The predicted molar refractivity (Wildman–Crippen MR) is 75.0 cm³/mol. The lowest BCUT2D eigenvalue weighted by Crippen LogP contribution is -2.48. The molecule has 3 fully saturated rings. The molecule has 0 radical (unpaired) electrons. The van der Waals surface area contributed by atoms with E-state index in [1.165, 1.54) is 37.2 Å². The number of aliphatic hydroxyl groups is 1. The van der Waals surface area contributed by atoms with Crippen LogP contribution in [0.25, 0.3) is 0 Å². The molecule has 104 valence electrons. The molecule has 0 bridgehead atoms. The van der Waals surface area contributed by atoms with Gasteiger partial charge in [0.25, 0.3) is 0 Å². The third kappa shape index (κ3) is 2.87. The molecular formula is C14H25NO2S. The Morgan fingerprint density at radius 3 is 3.00 bits per heavy atom. The van der Waals surface area contributed by atoms with E-state index in [1.807, 2.05) is 11.8 Å². The van der Waals surface area contributed by atoms with Gasteiger partial charge in [0, 0.05) is 24.9 Å². The van der Waals surface area contributed by atoms with Gasteiger partial charge in [0.2, 0.25) is 0 Å². The number of hydrogen-bond donors (Lipinski definition) is 2. The van der Waals surface area contributed by atoms with E-state index in [9.17, 15) is 5.11 Å². The van der Waals surface area contributed by atoms with E-state index in [4.69, 9.17) is 4.74 Å². The zero-order valence-electron chi connectivity index (χ0n) is 11.1. The van der Waals surface area contributed by atoms with E-state index in [1.54, 1.807) is 0 Å². The normalized spacial score (nSPS) is 44.8. The van der Waals surface area contributed by atoms with Crippen molar-refractivity contribution in [3.05, 3.63) is 0 Å². The van der Waals surface area contributed by atoms with E-state index >= 15 is 0 Å². The standard InChI is InChI=1S/C14H25NO2S/c16-13-3-1-2-11(13)9-15-12-4-6-17-14(8-12)5-7-18-10-14/h11-13,15-16H,1-10H2. The maximum Gasteiger partial charge on any atom is 0.0795 e. The molecule has 3 nitrogen and oxygen atoms in total. The van der Waals surface area contributed by atoms with Crippen molar-refractivity contribution in [1.29, 1.82) is 0 Å². The molecule has 1 aliphatic carbocycles. The maximum absolute atomic E-state index is 9.86. The van der Waals surface area contributed by atoms with Gasteiger partial charge in [0.05, 0.1) is 11.7 Å². The molecule has 1 saturated carbocycles.